The highest BCUT2D eigenvalue weighted by molar-refractivity contribution is 5.75. The maximum Gasteiger partial charge on any atom is 0.310 e. The number of ether oxygens (including phenoxy) is 1. The molecule has 0 aliphatic rings. The highest BCUT2D eigenvalue weighted by atomic mass is 16.5. The zero-order valence-corrected chi connectivity index (χ0v) is 12.8. The van der Waals surface area contributed by atoms with E-state index in [1.807, 2.05) is 44.2 Å². The number of aliphatic carboxylic acids is 1. The minimum absolute atomic E-state index is 0.481. The molecule has 2 N–H and O–H groups in total. The van der Waals surface area contributed by atoms with Crippen LogP contribution in [0.2, 0.25) is 0 Å². The summed E-state index contributed by atoms with van der Waals surface area (Å²) < 4.78 is 5.60. The number of rotatable bonds is 8. The standard InChI is InChI=1S/C16H25NO3/c1-15(2,14(18)19)16(3,4)17-11-8-12-20-13-9-6-5-7-10-13/h5-7,9-10,17H,8,11-12H2,1-4H3,(H,18,19). The maximum absolute atomic E-state index is 11.3. The number of nitrogens with one attached hydrogen (secondary N) is 1. The van der Waals surface area contributed by atoms with Gasteiger partial charge >= 0.3 is 5.97 Å². The second kappa shape index (κ2) is 6.75. The van der Waals surface area contributed by atoms with Crippen molar-refractivity contribution >= 4 is 5.97 Å². The van der Waals surface area contributed by atoms with E-state index in [2.05, 4.69) is 5.32 Å². The van der Waals surface area contributed by atoms with Crippen LogP contribution >= 0.6 is 0 Å². The number of carboxylic acids is 1. The van der Waals surface area contributed by atoms with Gasteiger partial charge in [-0.1, -0.05) is 18.2 Å². The Balaban J connectivity index is 2.32. The molecule has 0 heterocycles. The summed E-state index contributed by atoms with van der Waals surface area (Å²) in [6, 6.07) is 9.67. The summed E-state index contributed by atoms with van der Waals surface area (Å²) in [5.74, 6) is 0.0631. The van der Waals surface area contributed by atoms with Crippen molar-refractivity contribution in [2.45, 2.75) is 39.7 Å². The molecule has 0 aliphatic carbocycles. The number of para-hydroxylation sites is 1. The van der Waals surface area contributed by atoms with Crippen LogP contribution in [-0.4, -0.2) is 29.8 Å². The molecule has 4 heteroatoms. The molecule has 0 fully saturated rings. The van der Waals surface area contributed by atoms with Crippen LogP contribution in [0.15, 0.2) is 30.3 Å². The van der Waals surface area contributed by atoms with Gasteiger partial charge in [0.2, 0.25) is 0 Å². The van der Waals surface area contributed by atoms with Crippen molar-refractivity contribution in [3.05, 3.63) is 30.3 Å². The maximum atomic E-state index is 11.3. The van der Waals surface area contributed by atoms with Crippen LogP contribution in [0.4, 0.5) is 0 Å². The molecule has 0 spiro atoms. The molecule has 0 bridgehead atoms. The molecular formula is C16H25NO3. The Morgan fingerprint density at radius 2 is 1.80 bits per heavy atom. The highest BCUT2D eigenvalue weighted by Gasteiger charge is 2.42. The van der Waals surface area contributed by atoms with Crippen molar-refractivity contribution in [1.29, 1.82) is 0 Å². The summed E-state index contributed by atoms with van der Waals surface area (Å²) in [5.41, 5.74) is -1.31. The number of carbonyl (C=O) groups is 1. The molecule has 0 unspecified atom stereocenters. The van der Waals surface area contributed by atoms with E-state index in [4.69, 9.17) is 4.74 Å². The van der Waals surface area contributed by atoms with E-state index in [1.165, 1.54) is 0 Å². The number of hydrogen-bond donors (Lipinski definition) is 2. The van der Waals surface area contributed by atoms with Gasteiger partial charge in [-0.3, -0.25) is 4.79 Å². The normalized spacial score (nSPS) is 12.2. The molecule has 0 atom stereocenters. The van der Waals surface area contributed by atoms with Crippen LogP contribution in [0.1, 0.15) is 34.1 Å². The monoisotopic (exact) mass is 279 g/mol. The van der Waals surface area contributed by atoms with E-state index in [1.54, 1.807) is 13.8 Å². The molecule has 1 aromatic rings. The second-order valence-electron chi connectivity index (χ2n) is 6.00. The Kier molecular flexibility index (Phi) is 5.57. The summed E-state index contributed by atoms with van der Waals surface area (Å²) in [5, 5.41) is 12.6. The molecule has 112 valence electrons. The Bertz CT molecular complexity index is 427. The first kappa shape index (κ1) is 16.5. The average Bonchev–Trinajstić information content (AvgIpc) is 2.39. The van der Waals surface area contributed by atoms with Gasteiger partial charge in [-0.2, -0.15) is 0 Å². The number of hydrogen-bond acceptors (Lipinski definition) is 3. The Hall–Kier alpha value is -1.55. The van der Waals surface area contributed by atoms with Gasteiger partial charge in [-0.25, -0.2) is 0 Å². The lowest BCUT2D eigenvalue weighted by molar-refractivity contribution is -0.151. The second-order valence-corrected chi connectivity index (χ2v) is 6.00. The van der Waals surface area contributed by atoms with Crippen LogP contribution in [0.25, 0.3) is 0 Å². The van der Waals surface area contributed by atoms with E-state index in [0.29, 0.717) is 6.61 Å². The summed E-state index contributed by atoms with van der Waals surface area (Å²) in [6.07, 6.45) is 0.827. The first-order valence-electron chi connectivity index (χ1n) is 6.93. The van der Waals surface area contributed by atoms with Gasteiger partial charge < -0.3 is 15.2 Å². The lowest BCUT2D eigenvalue weighted by Crippen LogP contribution is -2.55. The van der Waals surface area contributed by atoms with Crippen molar-refractivity contribution in [1.82, 2.24) is 5.32 Å². The predicted octanol–water partition coefficient (Wildman–Crippen LogP) is 2.93. The summed E-state index contributed by atoms with van der Waals surface area (Å²) >= 11 is 0. The fourth-order valence-corrected chi connectivity index (χ4v) is 1.67. The summed E-state index contributed by atoms with van der Waals surface area (Å²) in [7, 11) is 0. The van der Waals surface area contributed by atoms with Gasteiger partial charge in [-0.15, -0.1) is 0 Å². The fourth-order valence-electron chi connectivity index (χ4n) is 1.67. The predicted molar refractivity (Wildman–Crippen MR) is 80.1 cm³/mol. The van der Waals surface area contributed by atoms with Crippen molar-refractivity contribution in [2.24, 2.45) is 5.41 Å². The van der Waals surface area contributed by atoms with Gasteiger partial charge in [-0.05, 0) is 52.8 Å². The third-order valence-corrected chi connectivity index (χ3v) is 4.00. The lowest BCUT2D eigenvalue weighted by atomic mass is 9.74. The minimum Gasteiger partial charge on any atom is -0.494 e. The first-order valence-corrected chi connectivity index (χ1v) is 6.93. The highest BCUT2D eigenvalue weighted by Crippen LogP contribution is 2.30. The largest absolute Gasteiger partial charge is 0.494 e. The third-order valence-electron chi connectivity index (χ3n) is 4.00. The molecule has 1 aromatic carbocycles. The number of carboxylic acid groups (broad SMARTS) is 1. The van der Waals surface area contributed by atoms with E-state index in [9.17, 15) is 9.90 Å². The van der Waals surface area contributed by atoms with Crippen molar-refractivity contribution in [3.63, 3.8) is 0 Å². The smallest absolute Gasteiger partial charge is 0.310 e. The SMILES string of the molecule is CC(C)(NCCCOc1ccccc1)C(C)(C)C(=O)O. The van der Waals surface area contributed by atoms with Crippen molar-refractivity contribution in [3.8, 4) is 5.75 Å². The van der Waals surface area contributed by atoms with Gasteiger partial charge in [0.05, 0.1) is 12.0 Å². The zero-order chi connectivity index (χ0) is 15.2. The average molecular weight is 279 g/mol. The molecule has 0 saturated carbocycles. The zero-order valence-electron chi connectivity index (χ0n) is 12.8. The van der Waals surface area contributed by atoms with Crippen molar-refractivity contribution in [2.75, 3.05) is 13.2 Å². The quantitative estimate of drug-likeness (QED) is 0.718. The molecular weight excluding hydrogens is 254 g/mol. The summed E-state index contributed by atoms with van der Waals surface area (Å²) in [6.45, 7) is 8.64. The molecule has 0 radical (unpaired) electrons. The molecule has 1 rings (SSSR count). The van der Waals surface area contributed by atoms with Crippen molar-refractivity contribution < 1.29 is 14.6 Å². The first-order chi connectivity index (χ1) is 9.27. The van der Waals surface area contributed by atoms with Crippen LogP contribution < -0.4 is 10.1 Å². The van der Waals surface area contributed by atoms with Crippen LogP contribution in [0, 0.1) is 5.41 Å². The third kappa shape index (κ3) is 4.23. The molecule has 4 nitrogen and oxygen atoms in total. The van der Waals surface area contributed by atoms with Gasteiger partial charge in [0.1, 0.15) is 5.75 Å². The Morgan fingerprint density at radius 3 is 2.35 bits per heavy atom. The molecule has 0 saturated heterocycles. The van der Waals surface area contributed by atoms with Gasteiger partial charge in [0, 0.05) is 5.54 Å². The molecule has 20 heavy (non-hydrogen) atoms. The molecule has 0 aromatic heterocycles. The number of benzene rings is 1. The molecule has 0 aliphatic heterocycles. The van der Waals surface area contributed by atoms with Crippen LogP contribution in [-0.2, 0) is 4.79 Å². The van der Waals surface area contributed by atoms with Gasteiger partial charge in [0.25, 0.3) is 0 Å². The van der Waals surface area contributed by atoms with E-state index in [-0.39, 0.29) is 0 Å². The minimum atomic E-state index is -0.826. The van der Waals surface area contributed by atoms with E-state index in [0.717, 1.165) is 18.7 Å². The topological polar surface area (TPSA) is 58.6 Å². The fraction of sp³-hybridized carbons (Fsp3) is 0.562. The molecule has 0 amide bonds. The van der Waals surface area contributed by atoms with Gasteiger partial charge in [0.15, 0.2) is 0 Å². The Morgan fingerprint density at radius 1 is 1.20 bits per heavy atom. The van der Waals surface area contributed by atoms with E-state index >= 15 is 0 Å². The lowest BCUT2D eigenvalue weighted by Gasteiger charge is -2.39. The Labute approximate surface area is 121 Å². The van der Waals surface area contributed by atoms with E-state index < -0.39 is 16.9 Å². The van der Waals surface area contributed by atoms with Crippen LogP contribution in [0.3, 0.4) is 0 Å². The summed E-state index contributed by atoms with van der Waals surface area (Å²) in [4.78, 5) is 11.3. The van der Waals surface area contributed by atoms with Crippen LogP contribution in [0.5, 0.6) is 5.75 Å².